The van der Waals surface area contributed by atoms with Crippen molar-refractivity contribution in [3.05, 3.63) is 0 Å². The molecule has 0 amide bonds. The van der Waals surface area contributed by atoms with Crippen LogP contribution in [0.2, 0.25) is 0 Å². The van der Waals surface area contributed by atoms with Crippen LogP contribution in [0.3, 0.4) is 0 Å². The van der Waals surface area contributed by atoms with Crippen LogP contribution in [-0.2, 0) is 28.8 Å². The number of carbonyl (C=O) groups is 6. The van der Waals surface area contributed by atoms with Crippen molar-refractivity contribution in [3.63, 3.8) is 0 Å². The molecule has 0 atom stereocenters. The second-order valence-corrected chi connectivity index (χ2v) is 0.816. The molecule has 0 aromatic rings. The van der Waals surface area contributed by atoms with Gasteiger partial charge < -0.3 is 5.48 Å². The van der Waals surface area contributed by atoms with E-state index in [9.17, 15) is 0 Å². The highest BCUT2D eigenvalue weighted by atomic mass is 16.2. The fourth-order valence-electron chi connectivity index (χ4n) is 0. The fraction of sp³-hybridized carbons (Fsp3) is 0. The molecule has 0 unspecified atom stereocenters. The molecule has 74 valence electrons. The Labute approximate surface area is 73.0 Å². The monoisotopic (exact) mass is 192 g/mol. The molecule has 2 N–H and O–H groups in total. The maximum atomic E-state index is 8.81. The maximum Gasteiger partial charge on any atom is 0.182 e. The van der Waals surface area contributed by atoms with Gasteiger partial charge in [0.2, 0.25) is 0 Å². The first-order valence-electron chi connectivity index (χ1n) is 2.41. The molecular weight excluding hydrogens is 184 g/mol. The second kappa shape index (κ2) is 50.8. The lowest BCUT2D eigenvalue weighted by Gasteiger charge is -1.31. The minimum absolute atomic E-state index is 0. The Hall–Kier alpha value is -2.02. The zero-order valence-electron chi connectivity index (χ0n) is 6.41. The molecule has 7 heteroatoms. The summed E-state index contributed by atoms with van der Waals surface area (Å²) in [5.74, 6) is 0. The summed E-state index contributed by atoms with van der Waals surface area (Å²) in [5, 5.41) is 0. The van der Waals surface area contributed by atoms with E-state index >= 15 is 0 Å². The predicted molar refractivity (Wildman–Crippen MR) is 40.0 cm³/mol. The van der Waals surface area contributed by atoms with Crippen molar-refractivity contribution in [2.45, 2.75) is 0 Å². The number of rotatable bonds is 3. The van der Waals surface area contributed by atoms with Crippen LogP contribution in [0.1, 0.15) is 0 Å². The van der Waals surface area contributed by atoms with Crippen LogP contribution in [0.25, 0.3) is 0 Å². The Morgan fingerprint density at radius 3 is 0.462 bits per heavy atom. The normalized spacial score (nSPS) is 4.62. The molecule has 0 saturated carbocycles. The molecule has 0 fully saturated rings. The predicted octanol–water partition coefficient (Wildman–Crippen LogP) is -2.67. The first-order valence-corrected chi connectivity index (χ1v) is 2.41. The van der Waals surface area contributed by atoms with Crippen LogP contribution in [0.4, 0.5) is 0 Å². The summed E-state index contributed by atoms with van der Waals surface area (Å²) in [7, 11) is 0. The van der Waals surface area contributed by atoms with Gasteiger partial charge in [-0.1, -0.05) is 0 Å². The third-order valence-electron chi connectivity index (χ3n) is 0.167. The number of hydrogen-bond donors (Lipinski definition) is 0. The standard InChI is InChI=1S/3C2H2O2.H2O/c3*3-1-2-4;/h3*1-2H;1H2. The lowest BCUT2D eigenvalue weighted by atomic mass is 10.9. The highest BCUT2D eigenvalue weighted by Gasteiger charge is 1.47. The van der Waals surface area contributed by atoms with Crippen molar-refractivity contribution in [1.29, 1.82) is 0 Å². The van der Waals surface area contributed by atoms with Crippen molar-refractivity contribution >= 4 is 37.7 Å². The molecule has 0 aromatic heterocycles. The zero-order valence-corrected chi connectivity index (χ0v) is 6.41. The van der Waals surface area contributed by atoms with Gasteiger partial charge in [-0.25, -0.2) is 0 Å². The number of aldehydes is 6. The van der Waals surface area contributed by atoms with Gasteiger partial charge in [-0.05, 0) is 0 Å². The molecule has 0 spiro atoms. The van der Waals surface area contributed by atoms with Crippen molar-refractivity contribution in [2.24, 2.45) is 0 Å². The Balaban J connectivity index is -0.0000000450. The summed E-state index contributed by atoms with van der Waals surface area (Å²) < 4.78 is 0. The Kier molecular flexibility index (Phi) is 87.7. The molecule has 0 radical (unpaired) electrons. The molecule has 0 aliphatic heterocycles. The molecule has 0 bridgehead atoms. The average molecular weight is 192 g/mol. The van der Waals surface area contributed by atoms with Gasteiger partial charge in [0.05, 0.1) is 0 Å². The van der Waals surface area contributed by atoms with E-state index in [2.05, 4.69) is 0 Å². The van der Waals surface area contributed by atoms with Crippen molar-refractivity contribution < 1.29 is 34.2 Å². The zero-order chi connectivity index (χ0) is 10.2. The maximum absolute atomic E-state index is 8.81. The highest BCUT2D eigenvalue weighted by molar-refractivity contribution is 6.09. The quantitative estimate of drug-likeness (QED) is 0.353. The second-order valence-electron chi connectivity index (χ2n) is 0.816. The SMILES string of the molecule is O.O=CC=O.O=CC=O.O=CC=O. The summed E-state index contributed by atoms with van der Waals surface area (Å²) in [6, 6.07) is 0. The largest absolute Gasteiger partial charge is 0.412 e. The third kappa shape index (κ3) is 662. The van der Waals surface area contributed by atoms with E-state index < -0.39 is 0 Å². The molecule has 0 aliphatic carbocycles. The molecule has 0 aromatic carbocycles. The molecular formula is C6H8O7. The molecule has 13 heavy (non-hydrogen) atoms. The van der Waals surface area contributed by atoms with Crippen LogP contribution in [0.15, 0.2) is 0 Å². The van der Waals surface area contributed by atoms with Gasteiger partial charge in [0.1, 0.15) is 0 Å². The van der Waals surface area contributed by atoms with Crippen molar-refractivity contribution in [2.75, 3.05) is 0 Å². The van der Waals surface area contributed by atoms with Crippen LogP contribution in [0, 0.1) is 0 Å². The average Bonchev–Trinajstić information content (AvgIpc) is 2.18. The van der Waals surface area contributed by atoms with E-state index in [1.54, 1.807) is 0 Å². The Morgan fingerprint density at radius 2 is 0.462 bits per heavy atom. The van der Waals surface area contributed by atoms with Crippen molar-refractivity contribution in [1.82, 2.24) is 0 Å². The summed E-state index contributed by atoms with van der Waals surface area (Å²) in [6.07, 6.45) is 1.17. The minimum atomic E-state index is 0. The van der Waals surface area contributed by atoms with Gasteiger partial charge in [0.15, 0.2) is 37.7 Å². The number of carbonyl (C=O) groups excluding carboxylic acids is 6. The summed E-state index contributed by atoms with van der Waals surface area (Å²) in [6.45, 7) is 0. The Morgan fingerprint density at radius 1 is 0.385 bits per heavy atom. The third-order valence-corrected chi connectivity index (χ3v) is 0.167. The van der Waals surface area contributed by atoms with Gasteiger partial charge in [-0.2, -0.15) is 0 Å². The number of hydrogen-bond acceptors (Lipinski definition) is 6. The summed E-state index contributed by atoms with van der Waals surface area (Å²) in [5.41, 5.74) is 0. The minimum Gasteiger partial charge on any atom is -0.412 e. The summed E-state index contributed by atoms with van der Waals surface area (Å²) >= 11 is 0. The first-order chi connectivity index (χ1) is 5.74. The van der Waals surface area contributed by atoms with Gasteiger partial charge in [-0.3, -0.25) is 28.8 Å². The van der Waals surface area contributed by atoms with E-state index in [0.29, 0.717) is 0 Å². The molecule has 7 nitrogen and oxygen atoms in total. The van der Waals surface area contributed by atoms with E-state index in [0.717, 1.165) is 0 Å². The Bertz CT molecular complexity index is 105. The fourth-order valence-corrected chi connectivity index (χ4v) is 0. The van der Waals surface area contributed by atoms with Gasteiger partial charge in [0.25, 0.3) is 0 Å². The van der Waals surface area contributed by atoms with Gasteiger partial charge in [-0.15, -0.1) is 0 Å². The summed E-state index contributed by atoms with van der Waals surface area (Å²) in [4.78, 5) is 52.8. The lowest BCUT2D eigenvalue weighted by Crippen LogP contribution is -1.62. The van der Waals surface area contributed by atoms with Crippen LogP contribution in [0.5, 0.6) is 0 Å². The van der Waals surface area contributed by atoms with Crippen molar-refractivity contribution in [3.8, 4) is 0 Å². The topological polar surface area (TPSA) is 134 Å². The van der Waals surface area contributed by atoms with E-state index in [1.165, 1.54) is 0 Å². The van der Waals surface area contributed by atoms with E-state index in [1.807, 2.05) is 0 Å². The van der Waals surface area contributed by atoms with Crippen LogP contribution in [-0.4, -0.2) is 43.2 Å². The van der Waals surface area contributed by atoms with Gasteiger partial charge >= 0.3 is 0 Å². The van der Waals surface area contributed by atoms with Gasteiger partial charge in [0, 0.05) is 0 Å². The van der Waals surface area contributed by atoms with E-state index in [-0.39, 0.29) is 43.2 Å². The van der Waals surface area contributed by atoms with Crippen LogP contribution >= 0.6 is 0 Å². The molecule has 0 rings (SSSR count). The lowest BCUT2D eigenvalue weighted by molar-refractivity contribution is -0.122. The highest BCUT2D eigenvalue weighted by Crippen LogP contribution is 1.12. The molecule has 0 aliphatic rings. The first kappa shape index (κ1) is 22.4. The van der Waals surface area contributed by atoms with E-state index in [4.69, 9.17) is 28.8 Å². The molecule has 0 heterocycles. The smallest absolute Gasteiger partial charge is 0.182 e. The molecule has 0 saturated heterocycles. The van der Waals surface area contributed by atoms with Crippen LogP contribution < -0.4 is 0 Å².